The molecule has 0 N–H and O–H groups in total. The summed E-state index contributed by atoms with van der Waals surface area (Å²) in [6.07, 6.45) is 5.77. The molecule has 0 saturated heterocycles. The van der Waals surface area contributed by atoms with Crippen molar-refractivity contribution in [1.82, 2.24) is 0 Å². The lowest BCUT2D eigenvalue weighted by atomic mass is 9.52. The Bertz CT molecular complexity index is 483. The Hall–Kier alpha value is -1.39. The monoisotopic (exact) mass is 295 g/mol. The Kier molecular flexibility index (Phi) is 4.13. The minimum Gasteiger partial charge on any atom is -0.460 e. The van der Waals surface area contributed by atoms with Crippen molar-refractivity contribution in [2.45, 2.75) is 59.0 Å². The van der Waals surface area contributed by atoms with Crippen LogP contribution in [-0.4, -0.2) is 23.0 Å². The molecule has 5 heteroatoms. The first-order valence-electron chi connectivity index (χ1n) is 7.68. The summed E-state index contributed by atoms with van der Waals surface area (Å²) >= 11 is 0. The van der Waals surface area contributed by atoms with E-state index in [9.17, 15) is 14.9 Å². The maximum atomic E-state index is 11.2. The van der Waals surface area contributed by atoms with Crippen LogP contribution in [0.25, 0.3) is 0 Å². The van der Waals surface area contributed by atoms with Crippen molar-refractivity contribution in [1.29, 1.82) is 0 Å². The molecule has 118 valence electrons. The molecule has 1 saturated carbocycles. The molecule has 2 rings (SSSR count). The highest BCUT2D eigenvalue weighted by molar-refractivity contribution is 5.66. The highest BCUT2D eigenvalue weighted by Crippen LogP contribution is 2.61. The van der Waals surface area contributed by atoms with Gasteiger partial charge in [-0.1, -0.05) is 18.6 Å². The van der Waals surface area contributed by atoms with Crippen LogP contribution in [0.2, 0.25) is 0 Å². The van der Waals surface area contributed by atoms with Crippen LogP contribution in [0.15, 0.2) is 11.6 Å². The lowest BCUT2D eigenvalue weighted by Crippen LogP contribution is -2.53. The van der Waals surface area contributed by atoms with Crippen molar-refractivity contribution >= 4 is 5.97 Å². The summed E-state index contributed by atoms with van der Waals surface area (Å²) in [6, 6.07) is 0. The first kappa shape index (κ1) is 16.0. The Balaban J connectivity index is 2.18. The maximum absolute atomic E-state index is 11.2. The number of esters is 1. The van der Waals surface area contributed by atoms with Crippen LogP contribution in [-0.2, 0) is 9.53 Å². The van der Waals surface area contributed by atoms with Gasteiger partial charge in [0.15, 0.2) is 0 Å². The lowest BCUT2D eigenvalue weighted by molar-refractivity contribution is -0.507. The lowest BCUT2D eigenvalue weighted by Gasteiger charge is -2.52. The fraction of sp³-hybridized carbons (Fsp3) is 0.812. The van der Waals surface area contributed by atoms with E-state index >= 15 is 0 Å². The second-order valence-corrected chi connectivity index (χ2v) is 7.26. The number of fused-ring (bicyclic) bond motifs is 1. The van der Waals surface area contributed by atoms with Gasteiger partial charge in [-0.05, 0) is 51.4 Å². The smallest absolute Gasteiger partial charge is 0.303 e. The second kappa shape index (κ2) is 5.43. The summed E-state index contributed by atoms with van der Waals surface area (Å²) in [6.45, 7) is 7.18. The second-order valence-electron chi connectivity index (χ2n) is 7.26. The van der Waals surface area contributed by atoms with Gasteiger partial charge in [0, 0.05) is 17.3 Å². The Labute approximate surface area is 125 Å². The van der Waals surface area contributed by atoms with E-state index < -0.39 is 5.60 Å². The molecular formula is C16H25NO4. The molecule has 0 aromatic heterocycles. The molecule has 5 nitrogen and oxygen atoms in total. The summed E-state index contributed by atoms with van der Waals surface area (Å²) < 4.78 is 5.37. The number of rotatable bonds is 6. The number of carbonyl (C=O) groups excluding carboxylic acids is 1. The number of hydrogen-bond acceptors (Lipinski definition) is 4. The van der Waals surface area contributed by atoms with E-state index in [1.165, 1.54) is 12.5 Å². The Morgan fingerprint density at radius 1 is 1.57 bits per heavy atom. The zero-order valence-electron chi connectivity index (χ0n) is 13.3. The van der Waals surface area contributed by atoms with Gasteiger partial charge in [-0.25, -0.2) is 0 Å². The molecule has 0 radical (unpaired) electrons. The normalized spacial score (nSPS) is 31.1. The van der Waals surface area contributed by atoms with Gasteiger partial charge in [0.1, 0.15) is 5.60 Å². The molecular weight excluding hydrogens is 270 g/mol. The topological polar surface area (TPSA) is 69.4 Å². The van der Waals surface area contributed by atoms with Crippen LogP contribution in [0.1, 0.15) is 53.4 Å². The first-order valence-corrected chi connectivity index (χ1v) is 7.68. The number of allylic oxidation sites excluding steroid dienone is 2. The number of ether oxygens (including phenoxy) is 1. The molecule has 0 aromatic carbocycles. The molecule has 21 heavy (non-hydrogen) atoms. The number of nitrogens with zero attached hydrogens (tertiary/aromatic N) is 1. The molecule has 1 fully saturated rings. The number of hydrogen-bond donors (Lipinski definition) is 0. The van der Waals surface area contributed by atoms with E-state index in [2.05, 4.69) is 13.0 Å². The minimum atomic E-state index is -0.657. The maximum Gasteiger partial charge on any atom is 0.303 e. The zero-order chi connectivity index (χ0) is 15.8. The average molecular weight is 295 g/mol. The van der Waals surface area contributed by atoms with Gasteiger partial charge in [0.25, 0.3) is 0 Å². The van der Waals surface area contributed by atoms with Crippen LogP contribution < -0.4 is 0 Å². The molecule has 3 atom stereocenters. The quantitative estimate of drug-likeness (QED) is 0.326. The van der Waals surface area contributed by atoms with Gasteiger partial charge in [-0.3, -0.25) is 14.9 Å². The molecule has 2 aliphatic carbocycles. The van der Waals surface area contributed by atoms with Gasteiger partial charge < -0.3 is 4.74 Å². The van der Waals surface area contributed by atoms with E-state index in [4.69, 9.17) is 4.74 Å². The number of carbonyl (C=O) groups is 1. The van der Waals surface area contributed by atoms with Crippen molar-refractivity contribution in [2.75, 3.05) is 6.54 Å². The SMILES string of the molecule is CCC1=C[C@@H]2[C@H](C1)C[C@]2(C[N+](=O)[O-])CC(C)(C)OC(C)=O. The van der Waals surface area contributed by atoms with E-state index in [0.717, 1.165) is 19.3 Å². The minimum absolute atomic E-state index is 0.0354. The standard InChI is InChI=1S/C16H25NO4/c1-5-12-6-13-8-16(10-17(19)20,14(13)7-12)9-15(3,4)21-11(2)18/h7,13-14H,5-6,8-10H2,1-4H3/t13-,14-,16-/m1/s1. The fourth-order valence-electron chi connectivity index (χ4n) is 4.50. The highest BCUT2D eigenvalue weighted by Gasteiger charge is 2.59. The van der Waals surface area contributed by atoms with Crippen molar-refractivity contribution < 1.29 is 14.5 Å². The van der Waals surface area contributed by atoms with Crippen molar-refractivity contribution in [2.24, 2.45) is 17.3 Å². The summed E-state index contributed by atoms with van der Waals surface area (Å²) in [5, 5.41) is 11.1. The summed E-state index contributed by atoms with van der Waals surface area (Å²) in [7, 11) is 0. The van der Waals surface area contributed by atoms with Gasteiger partial charge >= 0.3 is 5.97 Å². The predicted octanol–water partition coefficient (Wildman–Crippen LogP) is 3.36. The molecule has 0 bridgehead atoms. The third-order valence-corrected chi connectivity index (χ3v) is 4.92. The van der Waals surface area contributed by atoms with Crippen LogP contribution in [0.5, 0.6) is 0 Å². The number of nitro groups is 1. The van der Waals surface area contributed by atoms with Crippen LogP contribution in [0.3, 0.4) is 0 Å². The van der Waals surface area contributed by atoms with Crippen LogP contribution in [0.4, 0.5) is 0 Å². The highest BCUT2D eigenvalue weighted by atomic mass is 16.6. The first-order chi connectivity index (χ1) is 9.67. The summed E-state index contributed by atoms with van der Waals surface area (Å²) in [5.41, 5.74) is 0.403. The average Bonchev–Trinajstić information content (AvgIpc) is 2.63. The van der Waals surface area contributed by atoms with E-state index in [-0.39, 0.29) is 28.8 Å². The van der Waals surface area contributed by atoms with Crippen LogP contribution in [0, 0.1) is 27.4 Å². The summed E-state index contributed by atoms with van der Waals surface area (Å²) in [4.78, 5) is 22.2. The van der Waals surface area contributed by atoms with Crippen molar-refractivity contribution in [3.63, 3.8) is 0 Å². The fourth-order valence-corrected chi connectivity index (χ4v) is 4.50. The third kappa shape index (κ3) is 3.27. The molecule has 0 unspecified atom stereocenters. The van der Waals surface area contributed by atoms with Crippen molar-refractivity contribution in [3.05, 3.63) is 21.8 Å². The van der Waals surface area contributed by atoms with E-state index in [1.54, 1.807) is 0 Å². The van der Waals surface area contributed by atoms with Crippen LogP contribution >= 0.6 is 0 Å². The van der Waals surface area contributed by atoms with Gasteiger partial charge in [0.2, 0.25) is 6.54 Å². The van der Waals surface area contributed by atoms with E-state index in [1.807, 2.05) is 13.8 Å². The zero-order valence-corrected chi connectivity index (χ0v) is 13.3. The Morgan fingerprint density at radius 3 is 2.76 bits per heavy atom. The van der Waals surface area contributed by atoms with Gasteiger partial charge in [0.05, 0.1) is 0 Å². The Morgan fingerprint density at radius 2 is 2.24 bits per heavy atom. The predicted molar refractivity (Wildman–Crippen MR) is 79.3 cm³/mol. The van der Waals surface area contributed by atoms with E-state index in [0.29, 0.717) is 12.3 Å². The molecule has 0 amide bonds. The summed E-state index contributed by atoms with van der Waals surface area (Å²) in [5.74, 6) is 0.490. The molecule has 0 aromatic rings. The third-order valence-electron chi connectivity index (χ3n) is 4.92. The van der Waals surface area contributed by atoms with Gasteiger partial charge in [-0.15, -0.1) is 0 Å². The molecule has 0 heterocycles. The largest absolute Gasteiger partial charge is 0.460 e. The molecule has 2 aliphatic rings. The molecule has 0 spiro atoms. The molecule has 0 aliphatic heterocycles. The van der Waals surface area contributed by atoms with Crippen molar-refractivity contribution in [3.8, 4) is 0 Å². The van der Waals surface area contributed by atoms with Gasteiger partial charge in [-0.2, -0.15) is 0 Å².